The lowest BCUT2D eigenvalue weighted by Gasteiger charge is -2.17. The molecule has 0 saturated carbocycles. The fraction of sp³-hybridized carbons (Fsp3) is 0.379. The third-order valence-corrected chi connectivity index (χ3v) is 7.51. The summed E-state index contributed by atoms with van der Waals surface area (Å²) in [5.74, 6) is -0.540. The van der Waals surface area contributed by atoms with Gasteiger partial charge in [0.15, 0.2) is 0 Å². The van der Waals surface area contributed by atoms with Crippen LogP contribution in [-0.4, -0.2) is 39.1 Å². The van der Waals surface area contributed by atoms with Crippen LogP contribution in [0.1, 0.15) is 64.9 Å². The van der Waals surface area contributed by atoms with Crippen molar-refractivity contribution in [3.8, 4) is 0 Å². The van der Waals surface area contributed by atoms with E-state index in [-0.39, 0.29) is 19.1 Å². The molecule has 0 bridgehead atoms. The SMILES string of the molecule is CCOC(=O)[C@@H](Cc1ccccn1)NC(=O)c1nc([C@@H](N)CC(C)C)sc1Cc1cn(C)c2ccccc12. The Morgan fingerprint density at radius 3 is 2.63 bits per heavy atom. The molecule has 0 radical (unpaired) electrons. The van der Waals surface area contributed by atoms with E-state index in [0.29, 0.717) is 23.7 Å². The van der Waals surface area contributed by atoms with E-state index in [9.17, 15) is 9.59 Å². The summed E-state index contributed by atoms with van der Waals surface area (Å²) in [6, 6.07) is 12.5. The Labute approximate surface area is 227 Å². The Morgan fingerprint density at radius 1 is 1.16 bits per heavy atom. The number of nitrogens with one attached hydrogen (secondary N) is 1. The van der Waals surface area contributed by atoms with Crippen molar-refractivity contribution in [3.05, 3.63) is 81.7 Å². The summed E-state index contributed by atoms with van der Waals surface area (Å²) in [7, 11) is 2.01. The van der Waals surface area contributed by atoms with E-state index in [0.717, 1.165) is 32.8 Å². The first kappa shape index (κ1) is 27.5. The number of para-hydroxylation sites is 1. The predicted octanol–water partition coefficient (Wildman–Crippen LogP) is 4.57. The fourth-order valence-electron chi connectivity index (χ4n) is 4.56. The number of hydrogen-bond acceptors (Lipinski definition) is 7. The zero-order chi connectivity index (χ0) is 27.2. The molecule has 38 heavy (non-hydrogen) atoms. The highest BCUT2D eigenvalue weighted by atomic mass is 32.1. The summed E-state index contributed by atoms with van der Waals surface area (Å²) in [5, 5.41) is 4.72. The van der Waals surface area contributed by atoms with Crippen molar-refractivity contribution in [3.63, 3.8) is 0 Å². The van der Waals surface area contributed by atoms with Gasteiger partial charge in [0.25, 0.3) is 5.91 Å². The Hall–Kier alpha value is -3.56. The quantitative estimate of drug-likeness (QED) is 0.273. The van der Waals surface area contributed by atoms with Crippen LogP contribution in [0.5, 0.6) is 0 Å². The molecule has 0 aliphatic rings. The van der Waals surface area contributed by atoms with Gasteiger partial charge in [0.05, 0.1) is 12.6 Å². The van der Waals surface area contributed by atoms with Crippen LogP contribution in [0.4, 0.5) is 0 Å². The summed E-state index contributed by atoms with van der Waals surface area (Å²) in [6.07, 6.45) is 5.24. The van der Waals surface area contributed by atoms with Crippen LogP contribution < -0.4 is 11.1 Å². The minimum Gasteiger partial charge on any atom is -0.464 e. The van der Waals surface area contributed by atoms with Gasteiger partial charge in [-0.15, -0.1) is 11.3 Å². The molecule has 1 amide bonds. The van der Waals surface area contributed by atoms with Crippen LogP contribution in [-0.2, 0) is 29.4 Å². The Balaban J connectivity index is 1.67. The average molecular weight is 534 g/mol. The lowest BCUT2D eigenvalue weighted by Crippen LogP contribution is -2.44. The number of nitrogens with zero attached hydrogens (tertiary/aromatic N) is 3. The second-order valence-electron chi connectivity index (χ2n) is 9.82. The predicted molar refractivity (Wildman–Crippen MR) is 150 cm³/mol. The third kappa shape index (κ3) is 6.46. The number of aryl methyl sites for hydroxylation is 1. The summed E-state index contributed by atoms with van der Waals surface area (Å²) >= 11 is 1.47. The first-order chi connectivity index (χ1) is 18.3. The largest absolute Gasteiger partial charge is 0.464 e. The zero-order valence-corrected chi connectivity index (χ0v) is 23.1. The molecule has 3 heterocycles. The summed E-state index contributed by atoms with van der Waals surface area (Å²) in [5.41, 5.74) is 9.68. The maximum atomic E-state index is 13.7. The lowest BCUT2D eigenvalue weighted by atomic mass is 10.1. The molecule has 0 aliphatic heterocycles. The second-order valence-corrected chi connectivity index (χ2v) is 10.9. The number of amides is 1. The Kier molecular flexibility index (Phi) is 8.91. The standard InChI is InChI=1S/C29H35N5O3S/c1-5-37-29(36)23(16-20-10-8-9-13-31-20)32-27(35)26-25(38-28(33-26)22(30)14-18(2)3)15-19-17-34(4)24-12-7-6-11-21(19)24/h6-13,17-18,22-23H,5,14-16,30H2,1-4H3,(H,32,35)/t22-,23+/m0/s1. The van der Waals surface area contributed by atoms with Crippen molar-refractivity contribution in [2.24, 2.45) is 18.7 Å². The van der Waals surface area contributed by atoms with Crippen LogP contribution >= 0.6 is 11.3 Å². The molecule has 4 rings (SSSR count). The van der Waals surface area contributed by atoms with Gasteiger partial charge in [0.2, 0.25) is 0 Å². The molecule has 1 aromatic carbocycles. The molecule has 3 aromatic heterocycles. The van der Waals surface area contributed by atoms with Crippen molar-refractivity contribution in [1.82, 2.24) is 19.9 Å². The van der Waals surface area contributed by atoms with Gasteiger partial charge < -0.3 is 20.4 Å². The van der Waals surface area contributed by atoms with E-state index in [4.69, 9.17) is 15.5 Å². The topological polar surface area (TPSA) is 112 Å². The first-order valence-electron chi connectivity index (χ1n) is 12.9. The van der Waals surface area contributed by atoms with Gasteiger partial charge in [-0.25, -0.2) is 9.78 Å². The average Bonchev–Trinajstić information content (AvgIpc) is 3.46. The molecule has 0 unspecified atom stereocenters. The third-order valence-electron chi connectivity index (χ3n) is 6.32. The monoisotopic (exact) mass is 533 g/mol. The summed E-state index contributed by atoms with van der Waals surface area (Å²) < 4.78 is 7.34. The van der Waals surface area contributed by atoms with Crippen molar-refractivity contribution in [1.29, 1.82) is 0 Å². The number of esters is 1. The number of fused-ring (bicyclic) bond motifs is 1. The van der Waals surface area contributed by atoms with Gasteiger partial charge in [-0.1, -0.05) is 38.1 Å². The van der Waals surface area contributed by atoms with E-state index in [1.807, 2.05) is 31.3 Å². The normalized spacial score (nSPS) is 13.0. The number of hydrogen-bond donors (Lipinski definition) is 2. The maximum Gasteiger partial charge on any atom is 0.329 e. The molecule has 8 nitrogen and oxygen atoms in total. The van der Waals surface area contributed by atoms with E-state index >= 15 is 0 Å². The van der Waals surface area contributed by atoms with Gasteiger partial charge in [0.1, 0.15) is 16.7 Å². The first-order valence-corrected chi connectivity index (χ1v) is 13.7. The van der Waals surface area contributed by atoms with E-state index < -0.39 is 17.9 Å². The van der Waals surface area contributed by atoms with Crippen LogP contribution in [0.2, 0.25) is 0 Å². The number of aromatic nitrogens is 3. The lowest BCUT2D eigenvalue weighted by molar-refractivity contribution is -0.145. The molecule has 200 valence electrons. The van der Waals surface area contributed by atoms with E-state index in [1.165, 1.54) is 11.3 Å². The number of carbonyl (C=O) groups is 2. The number of ether oxygens (including phenoxy) is 1. The maximum absolute atomic E-state index is 13.7. The smallest absolute Gasteiger partial charge is 0.329 e. The highest BCUT2D eigenvalue weighted by Crippen LogP contribution is 2.31. The van der Waals surface area contributed by atoms with Crippen molar-refractivity contribution >= 4 is 34.1 Å². The van der Waals surface area contributed by atoms with Gasteiger partial charge in [0, 0.05) is 53.8 Å². The van der Waals surface area contributed by atoms with Crippen LogP contribution in [0, 0.1) is 5.92 Å². The molecule has 4 aromatic rings. The van der Waals surface area contributed by atoms with Crippen LogP contribution in [0.15, 0.2) is 54.9 Å². The minimum absolute atomic E-state index is 0.213. The van der Waals surface area contributed by atoms with Crippen molar-refractivity contribution in [2.75, 3.05) is 6.61 Å². The van der Waals surface area contributed by atoms with E-state index in [1.54, 1.807) is 19.2 Å². The van der Waals surface area contributed by atoms with Crippen LogP contribution in [0.25, 0.3) is 10.9 Å². The molecule has 0 saturated heterocycles. The number of benzene rings is 1. The molecule has 2 atom stereocenters. The zero-order valence-electron chi connectivity index (χ0n) is 22.3. The molecule has 0 fully saturated rings. The Morgan fingerprint density at radius 2 is 1.92 bits per heavy atom. The summed E-state index contributed by atoms with van der Waals surface area (Å²) in [6.45, 7) is 6.17. The molecule has 0 spiro atoms. The number of carbonyl (C=O) groups excluding carboxylic acids is 2. The molecule has 0 aliphatic carbocycles. The highest BCUT2D eigenvalue weighted by molar-refractivity contribution is 7.12. The second kappa shape index (κ2) is 12.3. The number of thiazole rings is 1. The van der Waals surface area contributed by atoms with Crippen LogP contribution in [0.3, 0.4) is 0 Å². The fourth-order valence-corrected chi connectivity index (χ4v) is 5.66. The molecule has 9 heteroatoms. The Bertz CT molecular complexity index is 1400. The number of rotatable bonds is 11. The van der Waals surface area contributed by atoms with E-state index in [2.05, 4.69) is 47.0 Å². The highest BCUT2D eigenvalue weighted by Gasteiger charge is 2.28. The van der Waals surface area contributed by atoms with Gasteiger partial charge in [-0.2, -0.15) is 0 Å². The van der Waals surface area contributed by atoms with Gasteiger partial charge >= 0.3 is 5.97 Å². The number of nitrogens with two attached hydrogens (primary N) is 1. The van der Waals surface area contributed by atoms with Crippen molar-refractivity contribution in [2.45, 2.75) is 52.1 Å². The molecular weight excluding hydrogens is 498 g/mol. The van der Waals surface area contributed by atoms with Crippen molar-refractivity contribution < 1.29 is 14.3 Å². The minimum atomic E-state index is -0.891. The molecular formula is C29H35N5O3S. The van der Waals surface area contributed by atoms with Gasteiger partial charge in [-0.3, -0.25) is 9.78 Å². The molecule has 3 N–H and O–H groups in total. The van der Waals surface area contributed by atoms with Gasteiger partial charge in [-0.05, 0) is 43.0 Å². The number of pyridine rings is 1. The summed E-state index contributed by atoms with van der Waals surface area (Å²) in [4.78, 5) is 36.3.